The summed E-state index contributed by atoms with van der Waals surface area (Å²) in [7, 11) is -2.25. The maximum Gasteiger partial charge on any atom is 0.244 e. The van der Waals surface area contributed by atoms with Gasteiger partial charge in [-0.05, 0) is 58.0 Å². The molecule has 1 N–H and O–H groups in total. The smallest absolute Gasteiger partial charge is 0.244 e. The number of benzene rings is 1. The number of ether oxygens (including phenoxy) is 1. The highest BCUT2D eigenvalue weighted by Gasteiger charge is 2.22. The van der Waals surface area contributed by atoms with Crippen LogP contribution >= 0.6 is 0 Å². The van der Waals surface area contributed by atoms with E-state index >= 15 is 0 Å². The number of likely N-dealkylation sites (tertiary alicyclic amines) is 1. The highest BCUT2D eigenvalue weighted by atomic mass is 32.2. The van der Waals surface area contributed by atoms with Crippen molar-refractivity contribution in [2.45, 2.75) is 44.4 Å². The first-order chi connectivity index (χ1) is 13.4. The van der Waals surface area contributed by atoms with Gasteiger partial charge in [0.1, 0.15) is 10.6 Å². The molecule has 0 saturated carbocycles. The Balaban J connectivity index is 1.77. The molecule has 1 aromatic heterocycles. The van der Waals surface area contributed by atoms with E-state index in [4.69, 9.17) is 9.26 Å². The van der Waals surface area contributed by atoms with Crippen LogP contribution in [-0.4, -0.2) is 51.8 Å². The molecule has 8 heteroatoms. The number of nitrogens with zero attached hydrogens (tertiary/aromatic N) is 2. The van der Waals surface area contributed by atoms with Crippen LogP contribution in [0.5, 0.6) is 5.75 Å². The number of hydrogen-bond acceptors (Lipinski definition) is 6. The molecule has 0 aliphatic carbocycles. The third kappa shape index (κ3) is 4.74. The summed E-state index contributed by atoms with van der Waals surface area (Å²) in [5.41, 5.74) is 2.33. The first-order valence-electron chi connectivity index (χ1n) is 9.75. The summed E-state index contributed by atoms with van der Waals surface area (Å²) >= 11 is 0. The summed E-state index contributed by atoms with van der Waals surface area (Å²) in [5.74, 6) is 0.876. The van der Waals surface area contributed by atoms with Gasteiger partial charge in [0.05, 0.1) is 12.8 Å². The predicted octanol–water partition coefficient (Wildman–Crippen LogP) is 3.12. The molecule has 2 heterocycles. The molecule has 7 nitrogen and oxygen atoms in total. The molecular weight excluding hydrogens is 378 g/mol. The Hall–Kier alpha value is -1.90. The summed E-state index contributed by atoms with van der Waals surface area (Å²) in [6, 6.07) is 5.01. The van der Waals surface area contributed by atoms with E-state index in [1.807, 2.05) is 13.8 Å². The fraction of sp³-hybridized carbons (Fsp3) is 0.550. The van der Waals surface area contributed by atoms with Crippen molar-refractivity contribution in [3.05, 3.63) is 29.5 Å². The minimum Gasteiger partial charge on any atom is -0.495 e. The quantitative estimate of drug-likeness (QED) is 0.759. The summed E-state index contributed by atoms with van der Waals surface area (Å²) in [4.78, 5) is 2.43. The molecule has 28 heavy (non-hydrogen) atoms. The first-order valence-corrected chi connectivity index (χ1v) is 11.2. The number of hydrogen-bond donors (Lipinski definition) is 1. The van der Waals surface area contributed by atoms with E-state index in [0.29, 0.717) is 30.2 Å². The fourth-order valence-electron chi connectivity index (χ4n) is 3.49. The second-order valence-corrected chi connectivity index (χ2v) is 8.98. The minimum atomic E-state index is -3.71. The fourth-order valence-corrected chi connectivity index (χ4v) is 4.70. The van der Waals surface area contributed by atoms with Crippen LogP contribution in [-0.2, 0) is 10.0 Å². The standard InChI is InChI=1S/C20H29N3O4S/c1-15-16(2)22-27-20(15)17-8-9-18(26-3)19(14-17)28(24,25)21-10-13-23-11-6-4-5-7-12-23/h8-9,14,21H,4-7,10-13H2,1-3H3. The van der Waals surface area contributed by atoms with Crippen molar-refractivity contribution < 1.29 is 17.7 Å². The van der Waals surface area contributed by atoms with Crippen molar-refractivity contribution in [1.29, 1.82) is 0 Å². The van der Waals surface area contributed by atoms with Crippen molar-refractivity contribution in [2.24, 2.45) is 0 Å². The average Bonchev–Trinajstić information content (AvgIpc) is 2.88. The Morgan fingerprint density at radius 3 is 2.50 bits per heavy atom. The molecule has 1 aromatic carbocycles. The lowest BCUT2D eigenvalue weighted by atomic mass is 10.1. The lowest BCUT2D eigenvalue weighted by Crippen LogP contribution is -2.35. The van der Waals surface area contributed by atoms with Gasteiger partial charge in [-0.25, -0.2) is 13.1 Å². The SMILES string of the molecule is COc1ccc(-c2onc(C)c2C)cc1S(=O)(=O)NCCN1CCCCCC1. The molecule has 154 valence electrons. The summed E-state index contributed by atoms with van der Waals surface area (Å²) in [6.45, 7) is 6.90. The monoisotopic (exact) mass is 407 g/mol. The largest absolute Gasteiger partial charge is 0.495 e. The number of sulfonamides is 1. The normalized spacial score (nSPS) is 16.1. The number of aromatic nitrogens is 1. The van der Waals surface area contributed by atoms with E-state index < -0.39 is 10.0 Å². The summed E-state index contributed by atoms with van der Waals surface area (Å²) in [6.07, 6.45) is 4.87. The number of nitrogens with one attached hydrogen (secondary N) is 1. The molecule has 1 fully saturated rings. The van der Waals surface area contributed by atoms with E-state index in [1.165, 1.54) is 32.8 Å². The molecule has 0 atom stereocenters. The molecule has 0 spiro atoms. The van der Waals surface area contributed by atoms with Crippen molar-refractivity contribution in [1.82, 2.24) is 14.8 Å². The van der Waals surface area contributed by atoms with E-state index in [0.717, 1.165) is 24.3 Å². The zero-order chi connectivity index (χ0) is 20.1. The molecule has 0 radical (unpaired) electrons. The van der Waals surface area contributed by atoms with Crippen LogP contribution in [0, 0.1) is 13.8 Å². The molecular formula is C20H29N3O4S. The lowest BCUT2D eigenvalue weighted by molar-refractivity contribution is 0.290. The Morgan fingerprint density at radius 1 is 1.18 bits per heavy atom. The number of aryl methyl sites for hydroxylation is 1. The second-order valence-electron chi connectivity index (χ2n) is 7.24. The molecule has 1 saturated heterocycles. The highest BCUT2D eigenvalue weighted by molar-refractivity contribution is 7.89. The van der Waals surface area contributed by atoms with Gasteiger partial charge in [0.15, 0.2) is 5.76 Å². The van der Waals surface area contributed by atoms with Crippen molar-refractivity contribution >= 4 is 10.0 Å². The second kappa shape index (κ2) is 9.07. The van der Waals surface area contributed by atoms with Gasteiger partial charge < -0.3 is 14.2 Å². The molecule has 3 rings (SSSR count). The van der Waals surface area contributed by atoms with Gasteiger partial charge in [0, 0.05) is 24.2 Å². The topological polar surface area (TPSA) is 84.7 Å². The van der Waals surface area contributed by atoms with Crippen LogP contribution < -0.4 is 9.46 Å². The molecule has 0 bridgehead atoms. The molecule has 2 aromatic rings. The zero-order valence-corrected chi connectivity index (χ0v) is 17.6. The van der Waals surface area contributed by atoms with Gasteiger partial charge in [0.2, 0.25) is 10.0 Å². The van der Waals surface area contributed by atoms with Crippen molar-refractivity contribution in [3.8, 4) is 17.1 Å². The molecule has 1 aliphatic heterocycles. The first kappa shape index (κ1) is 20.8. The zero-order valence-electron chi connectivity index (χ0n) is 16.8. The van der Waals surface area contributed by atoms with E-state index in [2.05, 4.69) is 14.8 Å². The third-order valence-electron chi connectivity index (χ3n) is 5.29. The maximum atomic E-state index is 12.9. The summed E-state index contributed by atoms with van der Waals surface area (Å²) < 4.78 is 39.3. The van der Waals surface area contributed by atoms with Crippen LogP contribution in [0.2, 0.25) is 0 Å². The predicted molar refractivity (Wildman–Crippen MR) is 108 cm³/mol. The molecule has 0 amide bonds. The van der Waals surface area contributed by atoms with Crippen LogP contribution in [0.1, 0.15) is 36.9 Å². The average molecular weight is 408 g/mol. The molecule has 1 aliphatic rings. The molecule has 0 unspecified atom stereocenters. The third-order valence-corrected chi connectivity index (χ3v) is 6.77. The Morgan fingerprint density at radius 2 is 1.89 bits per heavy atom. The van der Waals surface area contributed by atoms with Gasteiger partial charge >= 0.3 is 0 Å². The van der Waals surface area contributed by atoms with Gasteiger partial charge in [-0.1, -0.05) is 18.0 Å². The number of rotatable bonds is 7. The van der Waals surface area contributed by atoms with Crippen LogP contribution in [0.15, 0.2) is 27.6 Å². The van der Waals surface area contributed by atoms with Crippen molar-refractivity contribution in [3.63, 3.8) is 0 Å². The van der Waals surface area contributed by atoms with Crippen LogP contribution in [0.3, 0.4) is 0 Å². The van der Waals surface area contributed by atoms with E-state index in [9.17, 15) is 8.42 Å². The Kier molecular flexibility index (Phi) is 6.74. The maximum absolute atomic E-state index is 12.9. The Bertz CT molecular complexity index is 900. The highest BCUT2D eigenvalue weighted by Crippen LogP contribution is 2.32. The van der Waals surface area contributed by atoms with E-state index in [-0.39, 0.29) is 4.90 Å². The lowest BCUT2D eigenvalue weighted by Gasteiger charge is -2.20. The van der Waals surface area contributed by atoms with Gasteiger partial charge in [-0.3, -0.25) is 0 Å². The Labute approximate surface area is 167 Å². The van der Waals surface area contributed by atoms with Gasteiger partial charge in [-0.15, -0.1) is 0 Å². The summed E-state index contributed by atoms with van der Waals surface area (Å²) in [5, 5.41) is 3.96. The van der Waals surface area contributed by atoms with Gasteiger partial charge in [0.25, 0.3) is 0 Å². The van der Waals surface area contributed by atoms with Crippen LogP contribution in [0.25, 0.3) is 11.3 Å². The minimum absolute atomic E-state index is 0.108. The van der Waals surface area contributed by atoms with E-state index in [1.54, 1.807) is 18.2 Å². The number of methoxy groups -OCH3 is 1. The van der Waals surface area contributed by atoms with Gasteiger partial charge in [-0.2, -0.15) is 0 Å². The van der Waals surface area contributed by atoms with Crippen LogP contribution in [0.4, 0.5) is 0 Å². The van der Waals surface area contributed by atoms with Crippen molar-refractivity contribution in [2.75, 3.05) is 33.3 Å².